The van der Waals surface area contributed by atoms with Gasteiger partial charge in [0.05, 0.1) is 4.47 Å². The molecule has 21 heavy (non-hydrogen) atoms. The van der Waals surface area contributed by atoms with Gasteiger partial charge in [-0.3, -0.25) is 0 Å². The van der Waals surface area contributed by atoms with E-state index in [2.05, 4.69) is 55.4 Å². The molecule has 0 spiro atoms. The Morgan fingerprint density at radius 2 is 1.90 bits per heavy atom. The van der Waals surface area contributed by atoms with Crippen LogP contribution in [-0.4, -0.2) is 6.04 Å². The Morgan fingerprint density at radius 1 is 1.14 bits per heavy atom. The summed E-state index contributed by atoms with van der Waals surface area (Å²) in [5.41, 5.74) is 3.34. The van der Waals surface area contributed by atoms with Gasteiger partial charge in [-0.2, -0.15) is 0 Å². The summed E-state index contributed by atoms with van der Waals surface area (Å²) in [7, 11) is 0. The molecular weight excluding hydrogens is 397 g/mol. The van der Waals surface area contributed by atoms with Crippen LogP contribution in [0, 0.1) is 12.7 Å². The number of rotatable bonds is 3. The van der Waals surface area contributed by atoms with E-state index in [1.165, 1.54) is 5.56 Å². The molecule has 2 aromatic rings. The van der Waals surface area contributed by atoms with Gasteiger partial charge in [-0.05, 0) is 77.0 Å². The molecule has 0 saturated heterocycles. The summed E-state index contributed by atoms with van der Waals surface area (Å²) in [5, 5.41) is 3.46. The topological polar surface area (TPSA) is 12.0 Å². The summed E-state index contributed by atoms with van der Waals surface area (Å²) >= 11 is 6.73. The highest BCUT2D eigenvalue weighted by Gasteiger charge is 2.30. The van der Waals surface area contributed by atoms with Crippen molar-refractivity contribution in [2.24, 2.45) is 0 Å². The third-order valence-electron chi connectivity index (χ3n) is 4.09. The second-order valence-electron chi connectivity index (χ2n) is 5.65. The number of anilines is 1. The van der Waals surface area contributed by atoms with E-state index in [0.29, 0.717) is 16.4 Å². The fourth-order valence-corrected chi connectivity index (χ4v) is 3.66. The molecule has 0 aromatic heterocycles. The molecule has 1 aliphatic carbocycles. The highest BCUT2D eigenvalue weighted by atomic mass is 79.9. The van der Waals surface area contributed by atoms with E-state index in [1.807, 2.05) is 19.1 Å². The van der Waals surface area contributed by atoms with Crippen LogP contribution in [-0.2, 0) is 0 Å². The molecule has 0 amide bonds. The van der Waals surface area contributed by atoms with Gasteiger partial charge >= 0.3 is 0 Å². The average Bonchev–Trinajstić information content (AvgIpc) is 2.39. The molecule has 4 heteroatoms. The predicted octanol–water partition coefficient (Wildman–Crippen LogP) is 6.02. The monoisotopic (exact) mass is 411 g/mol. The van der Waals surface area contributed by atoms with Crippen LogP contribution in [0.5, 0.6) is 0 Å². The van der Waals surface area contributed by atoms with E-state index in [9.17, 15) is 4.39 Å². The number of benzene rings is 2. The van der Waals surface area contributed by atoms with Gasteiger partial charge in [-0.15, -0.1) is 0 Å². The second-order valence-corrected chi connectivity index (χ2v) is 7.42. The van der Waals surface area contributed by atoms with E-state index in [-0.39, 0.29) is 5.82 Å². The van der Waals surface area contributed by atoms with Crippen LogP contribution in [0.3, 0.4) is 0 Å². The molecule has 1 saturated carbocycles. The van der Waals surface area contributed by atoms with Gasteiger partial charge in [-0.25, -0.2) is 4.39 Å². The Morgan fingerprint density at radius 3 is 2.62 bits per heavy atom. The van der Waals surface area contributed by atoms with Gasteiger partial charge < -0.3 is 5.32 Å². The fraction of sp³-hybridized carbons (Fsp3) is 0.294. The lowest BCUT2D eigenvalue weighted by Crippen LogP contribution is -2.34. The Bertz CT molecular complexity index is 666. The maximum absolute atomic E-state index is 13.6. The molecule has 110 valence electrons. The van der Waals surface area contributed by atoms with Gasteiger partial charge in [0.15, 0.2) is 0 Å². The lowest BCUT2D eigenvalue weighted by atomic mass is 9.76. The van der Waals surface area contributed by atoms with Crippen LogP contribution >= 0.6 is 31.9 Å². The van der Waals surface area contributed by atoms with Crippen LogP contribution in [0.25, 0.3) is 0 Å². The minimum absolute atomic E-state index is 0.217. The van der Waals surface area contributed by atoms with Gasteiger partial charge in [0, 0.05) is 16.2 Å². The van der Waals surface area contributed by atoms with Gasteiger partial charge in [-0.1, -0.05) is 28.1 Å². The number of aryl methyl sites for hydroxylation is 1. The standard InChI is InChI=1S/C17H16Br2FN/c1-10-5-15(19)16(20)9-17(10)21-14-7-12(8-14)11-3-2-4-13(18)6-11/h2-6,9,12,14,21H,7-8H2,1H3. The summed E-state index contributed by atoms with van der Waals surface area (Å²) < 4.78 is 15.3. The quantitative estimate of drug-likeness (QED) is 0.650. The molecule has 0 unspecified atom stereocenters. The summed E-state index contributed by atoms with van der Waals surface area (Å²) in [4.78, 5) is 0. The lowest BCUT2D eigenvalue weighted by Gasteiger charge is -2.37. The van der Waals surface area contributed by atoms with E-state index in [1.54, 1.807) is 6.07 Å². The molecule has 1 nitrogen and oxygen atoms in total. The van der Waals surface area contributed by atoms with Crippen molar-refractivity contribution in [3.8, 4) is 0 Å². The maximum atomic E-state index is 13.6. The van der Waals surface area contributed by atoms with Crippen LogP contribution in [0.2, 0.25) is 0 Å². The minimum Gasteiger partial charge on any atom is -0.382 e. The third-order valence-corrected chi connectivity index (χ3v) is 5.19. The molecule has 2 aromatic carbocycles. The highest BCUT2D eigenvalue weighted by molar-refractivity contribution is 9.10. The largest absolute Gasteiger partial charge is 0.382 e. The molecule has 1 aliphatic rings. The summed E-state index contributed by atoms with van der Waals surface area (Å²) in [6, 6.07) is 12.3. The van der Waals surface area contributed by atoms with Crippen LogP contribution < -0.4 is 5.32 Å². The fourth-order valence-electron chi connectivity index (χ4n) is 2.79. The van der Waals surface area contributed by atoms with Crippen molar-refractivity contribution in [1.29, 1.82) is 0 Å². The first-order valence-electron chi connectivity index (χ1n) is 7.00. The number of nitrogens with one attached hydrogen (secondary N) is 1. The molecule has 1 fully saturated rings. The van der Waals surface area contributed by atoms with Gasteiger partial charge in [0.2, 0.25) is 0 Å². The van der Waals surface area contributed by atoms with Crippen molar-refractivity contribution in [3.05, 3.63) is 62.3 Å². The van der Waals surface area contributed by atoms with Gasteiger partial charge in [0.25, 0.3) is 0 Å². The zero-order valence-electron chi connectivity index (χ0n) is 11.7. The van der Waals surface area contributed by atoms with Gasteiger partial charge in [0.1, 0.15) is 5.82 Å². The molecule has 0 atom stereocenters. The SMILES string of the molecule is Cc1cc(Br)c(F)cc1NC1CC(c2cccc(Br)c2)C1. The molecule has 0 radical (unpaired) electrons. The Kier molecular flexibility index (Phi) is 4.36. The molecule has 0 bridgehead atoms. The van der Waals surface area contributed by atoms with Crippen molar-refractivity contribution in [3.63, 3.8) is 0 Å². The normalized spacial score (nSPS) is 21.0. The first-order chi connectivity index (χ1) is 10.0. The van der Waals surface area contributed by atoms with Crippen molar-refractivity contribution in [2.75, 3.05) is 5.32 Å². The molecular formula is C17H16Br2FN. The van der Waals surface area contributed by atoms with Crippen LogP contribution in [0.1, 0.15) is 29.9 Å². The van der Waals surface area contributed by atoms with Crippen molar-refractivity contribution in [1.82, 2.24) is 0 Å². The van der Waals surface area contributed by atoms with E-state index >= 15 is 0 Å². The Hall–Kier alpha value is -0.870. The zero-order chi connectivity index (χ0) is 15.0. The second kappa shape index (κ2) is 6.09. The zero-order valence-corrected chi connectivity index (χ0v) is 14.8. The van der Waals surface area contributed by atoms with Crippen molar-refractivity contribution < 1.29 is 4.39 Å². The Labute approximate surface area is 141 Å². The molecule has 0 heterocycles. The summed E-state index contributed by atoms with van der Waals surface area (Å²) in [5.74, 6) is 0.381. The number of hydrogen-bond acceptors (Lipinski definition) is 1. The molecule has 1 N–H and O–H groups in total. The first kappa shape index (κ1) is 15.0. The van der Waals surface area contributed by atoms with Crippen LogP contribution in [0.4, 0.5) is 10.1 Å². The third kappa shape index (κ3) is 3.32. The lowest BCUT2D eigenvalue weighted by molar-refractivity contribution is 0.374. The number of halogens is 3. The van der Waals surface area contributed by atoms with E-state index < -0.39 is 0 Å². The molecule has 3 rings (SSSR count). The summed E-state index contributed by atoms with van der Waals surface area (Å²) in [6.45, 7) is 2.00. The minimum atomic E-state index is -0.217. The summed E-state index contributed by atoms with van der Waals surface area (Å²) in [6.07, 6.45) is 2.18. The number of hydrogen-bond donors (Lipinski definition) is 1. The maximum Gasteiger partial charge on any atom is 0.139 e. The molecule has 0 aliphatic heterocycles. The Balaban J connectivity index is 1.64. The van der Waals surface area contributed by atoms with Crippen molar-refractivity contribution in [2.45, 2.75) is 31.7 Å². The van der Waals surface area contributed by atoms with E-state index in [0.717, 1.165) is 28.6 Å². The van der Waals surface area contributed by atoms with E-state index in [4.69, 9.17) is 0 Å². The first-order valence-corrected chi connectivity index (χ1v) is 8.59. The average molecular weight is 413 g/mol. The highest BCUT2D eigenvalue weighted by Crippen LogP contribution is 2.39. The predicted molar refractivity (Wildman–Crippen MR) is 92.4 cm³/mol. The smallest absolute Gasteiger partial charge is 0.139 e. The van der Waals surface area contributed by atoms with Crippen LogP contribution in [0.15, 0.2) is 45.3 Å². The van der Waals surface area contributed by atoms with Crippen molar-refractivity contribution >= 4 is 37.5 Å².